The first-order chi connectivity index (χ1) is 12.4. The predicted molar refractivity (Wildman–Crippen MR) is 97.2 cm³/mol. The van der Waals surface area contributed by atoms with Crippen LogP contribution in [0.4, 0.5) is 5.69 Å². The molecule has 25 heavy (non-hydrogen) atoms. The van der Waals surface area contributed by atoms with Gasteiger partial charge in [0.15, 0.2) is 0 Å². The smallest absolute Gasteiger partial charge is 0.138 e. The molecule has 1 aromatic heterocycles. The van der Waals surface area contributed by atoms with Gasteiger partial charge in [-0.05, 0) is 55.1 Å². The predicted octanol–water partition coefficient (Wildman–Crippen LogP) is 3.60. The van der Waals surface area contributed by atoms with Crippen LogP contribution in [0, 0.1) is 0 Å². The Kier molecular flexibility index (Phi) is 3.61. The van der Waals surface area contributed by atoms with Crippen molar-refractivity contribution >= 4 is 17.6 Å². The first kappa shape index (κ1) is 14.8. The molecular weight excluding hydrogens is 334 g/mol. The summed E-state index contributed by atoms with van der Waals surface area (Å²) >= 11 is 1.70. The van der Waals surface area contributed by atoms with Crippen molar-refractivity contribution in [2.75, 3.05) is 11.4 Å². The van der Waals surface area contributed by atoms with Crippen LogP contribution in [0.15, 0.2) is 60.0 Å². The van der Waals surface area contributed by atoms with E-state index < -0.39 is 0 Å². The van der Waals surface area contributed by atoms with Gasteiger partial charge in [-0.2, -0.15) is 5.10 Å². The number of nitrogens with one attached hydrogen (secondary N) is 1. The molecule has 126 valence electrons. The molecule has 0 spiro atoms. The van der Waals surface area contributed by atoms with Gasteiger partial charge in [-0.1, -0.05) is 6.07 Å². The van der Waals surface area contributed by atoms with Crippen molar-refractivity contribution in [3.05, 3.63) is 55.1 Å². The summed E-state index contributed by atoms with van der Waals surface area (Å²) in [5, 5.41) is 4.16. The first-order valence-corrected chi connectivity index (χ1v) is 9.14. The van der Waals surface area contributed by atoms with Crippen molar-refractivity contribution in [1.82, 2.24) is 19.5 Å². The summed E-state index contributed by atoms with van der Waals surface area (Å²) in [5.74, 6) is 1.61. The molecule has 7 heteroatoms. The van der Waals surface area contributed by atoms with E-state index in [0.717, 1.165) is 23.7 Å². The zero-order valence-electron chi connectivity index (χ0n) is 13.5. The molecule has 2 aromatic carbocycles. The second-order valence-corrected chi connectivity index (χ2v) is 7.02. The summed E-state index contributed by atoms with van der Waals surface area (Å²) in [7, 11) is 0. The van der Waals surface area contributed by atoms with Gasteiger partial charge in [-0.3, -0.25) is 0 Å². The lowest BCUT2D eigenvalue weighted by Crippen LogP contribution is -2.41. The van der Waals surface area contributed by atoms with Gasteiger partial charge in [0, 0.05) is 17.5 Å². The van der Waals surface area contributed by atoms with E-state index in [9.17, 15) is 0 Å². The van der Waals surface area contributed by atoms with Crippen LogP contribution < -0.4 is 14.4 Å². The lowest BCUT2D eigenvalue weighted by Gasteiger charge is -2.33. The highest BCUT2D eigenvalue weighted by Gasteiger charge is 2.30. The monoisotopic (exact) mass is 351 g/mol. The van der Waals surface area contributed by atoms with Crippen LogP contribution in [-0.2, 0) is 0 Å². The Hall–Kier alpha value is -2.51. The lowest BCUT2D eigenvalue weighted by molar-refractivity contribution is 0.480. The summed E-state index contributed by atoms with van der Waals surface area (Å²) in [6.07, 6.45) is 6.10. The maximum atomic E-state index is 6.07. The van der Waals surface area contributed by atoms with Crippen molar-refractivity contribution in [1.29, 1.82) is 0 Å². The Labute approximate surface area is 150 Å². The zero-order chi connectivity index (χ0) is 16.6. The molecule has 5 rings (SSSR count). The fourth-order valence-electron chi connectivity index (χ4n) is 3.35. The average Bonchev–Trinajstić information content (AvgIpc) is 3.33. The number of rotatable bonds is 3. The van der Waals surface area contributed by atoms with Gasteiger partial charge in [-0.25, -0.2) is 14.4 Å². The van der Waals surface area contributed by atoms with Gasteiger partial charge in [0.1, 0.15) is 24.2 Å². The maximum absolute atomic E-state index is 6.07. The number of ether oxygens (including phenoxy) is 1. The second-order valence-electron chi connectivity index (χ2n) is 6.14. The zero-order valence-corrected chi connectivity index (χ0v) is 14.3. The molecule has 1 saturated heterocycles. The molecule has 0 bridgehead atoms. The van der Waals surface area contributed by atoms with E-state index in [1.165, 1.54) is 29.8 Å². The van der Waals surface area contributed by atoms with Crippen molar-refractivity contribution in [2.45, 2.75) is 23.9 Å². The van der Waals surface area contributed by atoms with Gasteiger partial charge < -0.3 is 9.64 Å². The summed E-state index contributed by atoms with van der Waals surface area (Å²) in [4.78, 5) is 7.64. The molecule has 6 nitrogen and oxygen atoms in total. The number of aromatic nitrogens is 3. The van der Waals surface area contributed by atoms with E-state index in [1.807, 2.05) is 30.3 Å². The normalized spacial score (nSPS) is 18.7. The first-order valence-electron chi connectivity index (χ1n) is 8.33. The highest BCUT2D eigenvalue weighted by Crippen LogP contribution is 2.40. The van der Waals surface area contributed by atoms with Crippen LogP contribution in [-0.4, -0.2) is 27.5 Å². The molecule has 1 fully saturated rings. The largest absolute Gasteiger partial charge is 0.457 e. The molecule has 2 aliphatic rings. The third-order valence-corrected chi connectivity index (χ3v) is 5.47. The third-order valence-electron chi connectivity index (χ3n) is 4.54. The van der Waals surface area contributed by atoms with Crippen LogP contribution in [0.2, 0.25) is 0 Å². The number of benzene rings is 2. The minimum Gasteiger partial charge on any atom is -0.457 e. The van der Waals surface area contributed by atoms with Crippen molar-refractivity contribution < 1.29 is 4.74 Å². The molecule has 1 unspecified atom stereocenters. The standard InChI is InChI=1S/C18H17N5OS/c1-3-13(23-12-19-11-20-23)9-14(4-1)24-15-6-7-16-17(10-15)25-21-18-5-2-8-22(16)18/h1,3-4,6-7,9-12,18,21H,2,5,8H2. The van der Waals surface area contributed by atoms with Gasteiger partial charge in [0.25, 0.3) is 0 Å². The molecule has 0 radical (unpaired) electrons. The highest BCUT2D eigenvalue weighted by atomic mass is 32.2. The van der Waals surface area contributed by atoms with Crippen LogP contribution >= 0.6 is 11.9 Å². The summed E-state index contributed by atoms with van der Waals surface area (Å²) in [6.45, 7) is 1.12. The summed E-state index contributed by atoms with van der Waals surface area (Å²) in [5.41, 5.74) is 2.22. The minimum atomic E-state index is 0.462. The number of anilines is 1. The van der Waals surface area contributed by atoms with Gasteiger partial charge in [0.05, 0.1) is 17.5 Å². The van der Waals surface area contributed by atoms with Crippen molar-refractivity contribution in [2.24, 2.45) is 0 Å². The van der Waals surface area contributed by atoms with Crippen LogP contribution in [0.25, 0.3) is 5.69 Å². The lowest BCUT2D eigenvalue weighted by atomic mass is 10.2. The van der Waals surface area contributed by atoms with Crippen LogP contribution in [0.1, 0.15) is 12.8 Å². The average molecular weight is 351 g/mol. The maximum Gasteiger partial charge on any atom is 0.138 e. The van der Waals surface area contributed by atoms with E-state index in [2.05, 4.69) is 31.8 Å². The Morgan fingerprint density at radius 3 is 3.04 bits per heavy atom. The number of hydrogen-bond donors (Lipinski definition) is 1. The van der Waals surface area contributed by atoms with Crippen LogP contribution in [0.3, 0.4) is 0 Å². The second kappa shape index (κ2) is 6.09. The quantitative estimate of drug-likeness (QED) is 0.728. The summed E-state index contributed by atoms with van der Waals surface area (Å²) in [6, 6.07) is 14.1. The van der Waals surface area contributed by atoms with E-state index in [1.54, 1.807) is 23.0 Å². The van der Waals surface area contributed by atoms with E-state index >= 15 is 0 Å². The Morgan fingerprint density at radius 1 is 1.16 bits per heavy atom. The molecule has 2 aliphatic heterocycles. The molecule has 0 aliphatic carbocycles. The topological polar surface area (TPSA) is 55.2 Å². The van der Waals surface area contributed by atoms with E-state index in [4.69, 9.17) is 4.74 Å². The Bertz CT molecular complexity index is 898. The van der Waals surface area contributed by atoms with Gasteiger partial charge in [-0.15, -0.1) is 0 Å². The number of fused-ring (bicyclic) bond motifs is 3. The fourth-order valence-corrected chi connectivity index (χ4v) is 4.33. The van der Waals surface area contributed by atoms with E-state index in [-0.39, 0.29) is 0 Å². The number of hydrogen-bond acceptors (Lipinski definition) is 6. The highest BCUT2D eigenvalue weighted by molar-refractivity contribution is 7.97. The van der Waals surface area contributed by atoms with E-state index in [0.29, 0.717) is 6.17 Å². The molecule has 3 aromatic rings. The summed E-state index contributed by atoms with van der Waals surface area (Å²) < 4.78 is 11.3. The molecule has 3 heterocycles. The molecule has 1 N–H and O–H groups in total. The third kappa shape index (κ3) is 2.75. The SMILES string of the molecule is c1cc(Oc2ccc3c(c2)SNC2CCCN32)cc(-n2cncn2)c1. The molecule has 0 amide bonds. The molecule has 1 atom stereocenters. The minimum absolute atomic E-state index is 0.462. The fraction of sp³-hybridized carbons (Fsp3) is 0.222. The van der Waals surface area contributed by atoms with Crippen molar-refractivity contribution in [3.8, 4) is 17.2 Å². The molecular formula is C18H17N5OS. The van der Waals surface area contributed by atoms with Crippen LogP contribution in [0.5, 0.6) is 11.5 Å². The Morgan fingerprint density at radius 2 is 2.12 bits per heavy atom. The molecule has 0 saturated carbocycles. The van der Waals surface area contributed by atoms with Gasteiger partial charge >= 0.3 is 0 Å². The Balaban J connectivity index is 1.41. The number of nitrogens with zero attached hydrogens (tertiary/aromatic N) is 4. The van der Waals surface area contributed by atoms with Crippen molar-refractivity contribution in [3.63, 3.8) is 0 Å². The van der Waals surface area contributed by atoms with Gasteiger partial charge in [0.2, 0.25) is 0 Å².